The lowest BCUT2D eigenvalue weighted by atomic mass is 10.1. The summed E-state index contributed by atoms with van der Waals surface area (Å²) in [6.07, 6.45) is 1.44. The van der Waals surface area contributed by atoms with Crippen LogP contribution in [0.4, 0.5) is 0 Å². The van der Waals surface area contributed by atoms with Gasteiger partial charge in [0.25, 0.3) is 11.8 Å². The van der Waals surface area contributed by atoms with Gasteiger partial charge in [-0.15, -0.1) is 0 Å². The monoisotopic (exact) mass is 493 g/mol. The topological polar surface area (TPSA) is 96.9 Å². The quantitative estimate of drug-likeness (QED) is 0.226. The van der Waals surface area contributed by atoms with E-state index in [2.05, 4.69) is 31.8 Å². The first-order chi connectivity index (χ1) is 15.4. The van der Waals surface area contributed by atoms with Crippen molar-refractivity contribution in [2.24, 2.45) is 5.10 Å². The summed E-state index contributed by atoms with van der Waals surface area (Å²) in [5.74, 6) is -0.870. The number of esters is 1. The third-order valence-electron chi connectivity index (χ3n) is 4.28. The molecular weight excluding hydrogens is 474 g/mol. The van der Waals surface area contributed by atoms with Gasteiger partial charge in [0.1, 0.15) is 5.75 Å². The summed E-state index contributed by atoms with van der Waals surface area (Å²) < 4.78 is 6.11. The Morgan fingerprint density at radius 3 is 2.38 bits per heavy atom. The summed E-state index contributed by atoms with van der Waals surface area (Å²) >= 11 is 3.29. The zero-order valence-corrected chi connectivity index (χ0v) is 18.8. The van der Waals surface area contributed by atoms with Gasteiger partial charge < -0.3 is 10.1 Å². The van der Waals surface area contributed by atoms with E-state index in [-0.39, 0.29) is 12.5 Å². The second-order valence-corrected chi connectivity index (χ2v) is 7.73. The number of carbonyl (C=O) groups excluding carboxylic acids is 3. The molecular formula is C24H20BrN3O4. The van der Waals surface area contributed by atoms with E-state index in [1.165, 1.54) is 6.21 Å². The van der Waals surface area contributed by atoms with Gasteiger partial charge in [-0.3, -0.25) is 9.59 Å². The first-order valence-corrected chi connectivity index (χ1v) is 10.4. The standard InChI is InChI=1S/C24H20BrN3O4/c1-16-5-9-18(10-6-16)24(31)32-21-11-7-17(8-12-21)14-27-28-22(29)15-26-23(30)19-3-2-4-20(25)13-19/h2-14H,15H2,1H3,(H,26,30)(H,28,29). The summed E-state index contributed by atoms with van der Waals surface area (Å²) in [6, 6.07) is 20.6. The number of aryl methyl sites for hydroxylation is 1. The number of halogens is 1. The lowest BCUT2D eigenvalue weighted by Crippen LogP contribution is -2.34. The number of hydrogen-bond donors (Lipinski definition) is 2. The average molecular weight is 494 g/mol. The molecule has 0 spiro atoms. The number of benzene rings is 3. The number of carbonyl (C=O) groups is 3. The largest absolute Gasteiger partial charge is 0.423 e. The minimum absolute atomic E-state index is 0.212. The normalized spacial score (nSPS) is 10.6. The molecule has 0 fully saturated rings. The van der Waals surface area contributed by atoms with E-state index >= 15 is 0 Å². The van der Waals surface area contributed by atoms with Crippen molar-refractivity contribution >= 4 is 39.9 Å². The van der Waals surface area contributed by atoms with Crippen LogP contribution in [-0.4, -0.2) is 30.5 Å². The van der Waals surface area contributed by atoms with Gasteiger partial charge >= 0.3 is 5.97 Å². The molecule has 0 aliphatic carbocycles. The molecule has 0 bridgehead atoms. The summed E-state index contributed by atoms with van der Waals surface area (Å²) in [6.45, 7) is 1.73. The highest BCUT2D eigenvalue weighted by molar-refractivity contribution is 9.10. The number of nitrogens with one attached hydrogen (secondary N) is 2. The number of amides is 2. The summed E-state index contributed by atoms with van der Waals surface area (Å²) in [4.78, 5) is 36.0. The number of hydrogen-bond acceptors (Lipinski definition) is 5. The molecule has 3 aromatic carbocycles. The van der Waals surface area contributed by atoms with Crippen LogP contribution >= 0.6 is 15.9 Å². The molecule has 0 aliphatic heterocycles. The lowest BCUT2D eigenvalue weighted by molar-refractivity contribution is -0.120. The highest BCUT2D eigenvalue weighted by atomic mass is 79.9. The van der Waals surface area contributed by atoms with Gasteiger partial charge in [0.2, 0.25) is 0 Å². The van der Waals surface area contributed by atoms with Crippen LogP contribution in [-0.2, 0) is 4.79 Å². The first-order valence-electron chi connectivity index (χ1n) is 9.65. The molecule has 7 nitrogen and oxygen atoms in total. The van der Waals surface area contributed by atoms with Crippen LogP contribution in [0.25, 0.3) is 0 Å². The molecule has 32 heavy (non-hydrogen) atoms. The van der Waals surface area contributed by atoms with E-state index in [0.29, 0.717) is 22.4 Å². The van der Waals surface area contributed by atoms with E-state index in [1.54, 1.807) is 60.7 Å². The van der Waals surface area contributed by atoms with Gasteiger partial charge in [-0.1, -0.05) is 39.7 Å². The molecule has 162 valence electrons. The zero-order chi connectivity index (χ0) is 22.9. The highest BCUT2D eigenvalue weighted by Crippen LogP contribution is 2.14. The number of rotatable bonds is 7. The lowest BCUT2D eigenvalue weighted by Gasteiger charge is -2.05. The van der Waals surface area contributed by atoms with E-state index in [9.17, 15) is 14.4 Å². The van der Waals surface area contributed by atoms with Crippen molar-refractivity contribution < 1.29 is 19.1 Å². The van der Waals surface area contributed by atoms with Crippen molar-refractivity contribution in [1.82, 2.24) is 10.7 Å². The smallest absolute Gasteiger partial charge is 0.343 e. The van der Waals surface area contributed by atoms with Crippen LogP contribution in [0.5, 0.6) is 5.75 Å². The maximum atomic E-state index is 12.1. The van der Waals surface area contributed by atoms with Crippen LogP contribution in [0.15, 0.2) is 82.4 Å². The molecule has 0 aromatic heterocycles. The van der Waals surface area contributed by atoms with Crippen molar-refractivity contribution in [1.29, 1.82) is 0 Å². The fraction of sp³-hybridized carbons (Fsp3) is 0.0833. The Labute approximate surface area is 193 Å². The maximum absolute atomic E-state index is 12.1. The maximum Gasteiger partial charge on any atom is 0.343 e. The van der Waals surface area contributed by atoms with Crippen LogP contribution in [0.2, 0.25) is 0 Å². The van der Waals surface area contributed by atoms with Gasteiger partial charge in [-0.05, 0) is 67.1 Å². The van der Waals surface area contributed by atoms with E-state index in [1.807, 2.05) is 19.1 Å². The van der Waals surface area contributed by atoms with Gasteiger partial charge in [0.05, 0.1) is 18.3 Å². The van der Waals surface area contributed by atoms with Crippen LogP contribution < -0.4 is 15.5 Å². The first kappa shape index (κ1) is 22.9. The second kappa shape index (κ2) is 11.0. The van der Waals surface area contributed by atoms with Crippen LogP contribution in [0.1, 0.15) is 31.8 Å². The van der Waals surface area contributed by atoms with Crippen molar-refractivity contribution in [3.63, 3.8) is 0 Å². The third kappa shape index (κ3) is 6.88. The Bertz CT molecular complexity index is 1140. The van der Waals surface area contributed by atoms with Crippen LogP contribution in [0.3, 0.4) is 0 Å². The van der Waals surface area contributed by atoms with E-state index in [0.717, 1.165) is 10.0 Å². The van der Waals surface area contributed by atoms with Crippen LogP contribution in [0, 0.1) is 6.92 Å². The van der Waals surface area contributed by atoms with Crippen molar-refractivity contribution in [3.8, 4) is 5.75 Å². The summed E-state index contributed by atoms with van der Waals surface area (Å²) in [7, 11) is 0. The average Bonchev–Trinajstić information content (AvgIpc) is 2.79. The molecule has 0 radical (unpaired) electrons. The fourth-order valence-corrected chi connectivity index (χ4v) is 2.99. The van der Waals surface area contributed by atoms with E-state index < -0.39 is 11.9 Å². The summed E-state index contributed by atoms with van der Waals surface area (Å²) in [5.41, 5.74) is 5.01. The Morgan fingerprint density at radius 1 is 0.969 bits per heavy atom. The predicted octanol–water partition coefficient (Wildman–Crippen LogP) is 3.86. The Kier molecular flexibility index (Phi) is 7.88. The Morgan fingerprint density at radius 2 is 1.69 bits per heavy atom. The van der Waals surface area contributed by atoms with E-state index in [4.69, 9.17) is 4.74 Å². The minimum atomic E-state index is -0.465. The van der Waals surface area contributed by atoms with Gasteiger partial charge in [-0.25, -0.2) is 10.2 Å². The zero-order valence-electron chi connectivity index (χ0n) is 17.2. The van der Waals surface area contributed by atoms with Gasteiger partial charge in [-0.2, -0.15) is 5.10 Å². The fourth-order valence-electron chi connectivity index (χ4n) is 2.59. The van der Waals surface area contributed by atoms with Gasteiger partial charge in [0.15, 0.2) is 0 Å². The molecule has 3 aromatic rings. The van der Waals surface area contributed by atoms with Crippen molar-refractivity contribution in [2.45, 2.75) is 6.92 Å². The molecule has 0 aliphatic rings. The number of ether oxygens (including phenoxy) is 1. The molecule has 0 saturated heterocycles. The number of hydrazone groups is 1. The minimum Gasteiger partial charge on any atom is -0.423 e. The Hall–Kier alpha value is -3.78. The molecule has 3 rings (SSSR count). The number of nitrogens with zero attached hydrogens (tertiary/aromatic N) is 1. The van der Waals surface area contributed by atoms with Gasteiger partial charge in [0, 0.05) is 10.0 Å². The summed E-state index contributed by atoms with van der Waals surface area (Å²) in [5, 5.41) is 6.38. The molecule has 0 heterocycles. The highest BCUT2D eigenvalue weighted by Gasteiger charge is 2.09. The molecule has 2 N–H and O–H groups in total. The molecule has 0 saturated carbocycles. The molecule has 2 amide bonds. The molecule has 0 unspecified atom stereocenters. The Balaban J connectivity index is 1.45. The van der Waals surface area contributed by atoms with Crippen molar-refractivity contribution in [2.75, 3.05) is 6.54 Å². The molecule has 8 heteroatoms. The predicted molar refractivity (Wildman–Crippen MR) is 125 cm³/mol. The van der Waals surface area contributed by atoms with Crippen molar-refractivity contribution in [3.05, 3.63) is 99.5 Å². The second-order valence-electron chi connectivity index (χ2n) is 6.81. The molecule has 0 atom stereocenters. The third-order valence-corrected chi connectivity index (χ3v) is 4.77. The SMILES string of the molecule is Cc1ccc(C(=O)Oc2ccc(C=NNC(=O)CNC(=O)c3cccc(Br)c3)cc2)cc1.